The van der Waals surface area contributed by atoms with Gasteiger partial charge >= 0.3 is 0 Å². The monoisotopic (exact) mass is 228 g/mol. The van der Waals surface area contributed by atoms with Crippen LogP contribution in [-0.4, -0.2) is 19.2 Å². The molecule has 0 amide bonds. The highest BCUT2D eigenvalue weighted by atomic mass is 35.5. The first-order valence-corrected chi connectivity index (χ1v) is 4.27. The van der Waals surface area contributed by atoms with Gasteiger partial charge in [0.25, 0.3) is 0 Å². The zero-order valence-corrected chi connectivity index (χ0v) is 8.93. The first-order chi connectivity index (χ1) is 6.83. The normalized spacial score (nSPS) is 10.7. The molecule has 1 aromatic carbocycles. The van der Waals surface area contributed by atoms with E-state index in [0.717, 1.165) is 5.75 Å². The van der Waals surface area contributed by atoms with Gasteiger partial charge in [0.1, 0.15) is 12.4 Å². The summed E-state index contributed by atoms with van der Waals surface area (Å²) in [4.78, 5) is 2.62. The van der Waals surface area contributed by atoms with E-state index < -0.39 is 0 Å². The van der Waals surface area contributed by atoms with E-state index in [1.807, 2.05) is 30.3 Å². The molecule has 1 atom stereocenters. The highest BCUT2D eigenvalue weighted by molar-refractivity contribution is 5.85. The summed E-state index contributed by atoms with van der Waals surface area (Å²) in [6, 6.07) is 9.11. The van der Waals surface area contributed by atoms with E-state index >= 15 is 0 Å². The fourth-order valence-electron chi connectivity index (χ4n) is 0.914. The molecule has 0 saturated carbocycles. The van der Waals surface area contributed by atoms with Gasteiger partial charge in [-0.2, -0.15) is 0 Å². The molecule has 0 bridgehead atoms. The Labute approximate surface area is 94.3 Å². The van der Waals surface area contributed by atoms with Gasteiger partial charge in [-0.1, -0.05) is 23.3 Å². The Kier molecular flexibility index (Phi) is 7.18. The number of para-hydroxylation sites is 1. The second-order valence-corrected chi connectivity index (χ2v) is 2.80. The third-order valence-corrected chi connectivity index (χ3v) is 1.59. The molecule has 1 rings (SSSR count). The fourth-order valence-corrected chi connectivity index (χ4v) is 0.914. The highest BCUT2D eigenvalue weighted by Gasteiger charge is 2.01. The molecular formula is C9H13ClN4O. The predicted octanol–water partition coefficient (Wildman–Crippen LogP) is 2.12. The minimum Gasteiger partial charge on any atom is -0.492 e. The molecule has 0 aliphatic heterocycles. The second-order valence-electron chi connectivity index (χ2n) is 2.80. The van der Waals surface area contributed by atoms with Crippen LogP contribution in [0, 0.1) is 0 Å². The Morgan fingerprint density at radius 1 is 1.40 bits per heavy atom. The van der Waals surface area contributed by atoms with E-state index in [2.05, 4.69) is 10.0 Å². The van der Waals surface area contributed by atoms with Gasteiger partial charge in [-0.3, -0.25) is 0 Å². The predicted molar refractivity (Wildman–Crippen MR) is 61.2 cm³/mol. The smallest absolute Gasteiger partial charge is 0.119 e. The minimum atomic E-state index is -0.258. The van der Waals surface area contributed by atoms with E-state index in [1.165, 1.54) is 0 Å². The molecule has 0 saturated heterocycles. The van der Waals surface area contributed by atoms with Crippen molar-refractivity contribution in [1.29, 1.82) is 0 Å². The summed E-state index contributed by atoms with van der Waals surface area (Å²) < 4.78 is 5.36. The molecule has 0 spiro atoms. The number of benzene rings is 1. The van der Waals surface area contributed by atoms with Crippen molar-refractivity contribution in [3.63, 3.8) is 0 Å². The van der Waals surface area contributed by atoms with Crippen molar-refractivity contribution < 1.29 is 4.74 Å². The average Bonchev–Trinajstić information content (AvgIpc) is 2.25. The third-order valence-electron chi connectivity index (χ3n) is 1.59. The molecular weight excluding hydrogens is 216 g/mol. The number of halogens is 1. The molecule has 0 aliphatic carbocycles. The van der Waals surface area contributed by atoms with Crippen LogP contribution in [0.2, 0.25) is 0 Å². The number of nitrogens with two attached hydrogens (primary N) is 1. The van der Waals surface area contributed by atoms with Gasteiger partial charge in [-0.25, -0.2) is 0 Å². The number of rotatable bonds is 5. The lowest BCUT2D eigenvalue weighted by Crippen LogP contribution is -2.30. The second kappa shape index (κ2) is 7.94. The van der Waals surface area contributed by atoms with Crippen molar-refractivity contribution in [2.24, 2.45) is 10.8 Å². The molecule has 0 heterocycles. The van der Waals surface area contributed by atoms with Crippen molar-refractivity contribution in [2.75, 3.05) is 13.2 Å². The van der Waals surface area contributed by atoms with Crippen LogP contribution in [0.25, 0.3) is 10.4 Å². The van der Waals surface area contributed by atoms with E-state index in [-0.39, 0.29) is 25.0 Å². The first kappa shape index (κ1) is 13.6. The summed E-state index contributed by atoms with van der Waals surface area (Å²) in [6.45, 7) is 0.604. The van der Waals surface area contributed by atoms with Crippen LogP contribution < -0.4 is 10.5 Å². The lowest BCUT2D eigenvalue weighted by atomic mass is 10.3. The van der Waals surface area contributed by atoms with Gasteiger partial charge < -0.3 is 10.5 Å². The maximum atomic E-state index is 8.06. The lowest BCUT2D eigenvalue weighted by molar-refractivity contribution is 0.291. The molecule has 15 heavy (non-hydrogen) atoms. The SMILES string of the molecule is Cl.[N-]=[N+]=NC[C@@H](N)COc1ccccc1. The first-order valence-electron chi connectivity index (χ1n) is 4.27. The average molecular weight is 229 g/mol. The summed E-state index contributed by atoms with van der Waals surface area (Å²) in [7, 11) is 0. The van der Waals surface area contributed by atoms with Crippen LogP contribution >= 0.6 is 12.4 Å². The Balaban J connectivity index is 0.00000196. The molecule has 0 radical (unpaired) electrons. The molecule has 82 valence electrons. The van der Waals surface area contributed by atoms with Crippen LogP contribution in [0.15, 0.2) is 35.4 Å². The Morgan fingerprint density at radius 3 is 2.67 bits per heavy atom. The van der Waals surface area contributed by atoms with E-state index in [0.29, 0.717) is 6.61 Å². The zero-order valence-electron chi connectivity index (χ0n) is 8.11. The largest absolute Gasteiger partial charge is 0.492 e. The summed E-state index contributed by atoms with van der Waals surface area (Å²) in [6.07, 6.45) is 0. The van der Waals surface area contributed by atoms with E-state index in [1.54, 1.807) is 0 Å². The number of nitrogens with zero attached hydrogens (tertiary/aromatic N) is 3. The fraction of sp³-hybridized carbons (Fsp3) is 0.333. The maximum Gasteiger partial charge on any atom is 0.119 e. The number of hydrogen-bond donors (Lipinski definition) is 1. The summed E-state index contributed by atoms with van der Waals surface area (Å²) in [5.74, 6) is 0.767. The van der Waals surface area contributed by atoms with Crippen molar-refractivity contribution in [1.82, 2.24) is 0 Å². The van der Waals surface area contributed by atoms with Crippen molar-refractivity contribution in [3.05, 3.63) is 40.8 Å². The van der Waals surface area contributed by atoms with Gasteiger partial charge in [0.2, 0.25) is 0 Å². The van der Waals surface area contributed by atoms with Crippen LogP contribution in [-0.2, 0) is 0 Å². The molecule has 2 N–H and O–H groups in total. The third kappa shape index (κ3) is 5.80. The summed E-state index contributed by atoms with van der Waals surface area (Å²) >= 11 is 0. The molecule has 0 unspecified atom stereocenters. The molecule has 6 heteroatoms. The van der Waals surface area contributed by atoms with Gasteiger partial charge in [0.15, 0.2) is 0 Å². The van der Waals surface area contributed by atoms with Gasteiger partial charge in [-0.15, -0.1) is 12.4 Å². The molecule has 0 aromatic heterocycles. The molecule has 0 aliphatic rings. The van der Waals surface area contributed by atoms with Crippen molar-refractivity contribution in [2.45, 2.75) is 6.04 Å². The van der Waals surface area contributed by atoms with Gasteiger partial charge in [0, 0.05) is 17.5 Å². The number of ether oxygens (including phenoxy) is 1. The number of azide groups is 1. The molecule has 1 aromatic rings. The molecule has 0 fully saturated rings. The molecule has 5 nitrogen and oxygen atoms in total. The van der Waals surface area contributed by atoms with Crippen LogP contribution in [0.5, 0.6) is 5.75 Å². The topological polar surface area (TPSA) is 84.0 Å². The summed E-state index contributed by atoms with van der Waals surface area (Å²) in [5, 5.41) is 3.36. The Bertz CT molecular complexity index is 313. The summed E-state index contributed by atoms with van der Waals surface area (Å²) in [5.41, 5.74) is 13.7. The Hall–Kier alpha value is -1.42. The lowest BCUT2D eigenvalue weighted by Gasteiger charge is -2.10. The van der Waals surface area contributed by atoms with E-state index in [9.17, 15) is 0 Å². The van der Waals surface area contributed by atoms with E-state index in [4.69, 9.17) is 16.0 Å². The maximum absolute atomic E-state index is 8.06. The van der Waals surface area contributed by atoms with Crippen LogP contribution in [0.3, 0.4) is 0 Å². The van der Waals surface area contributed by atoms with Crippen LogP contribution in [0.4, 0.5) is 0 Å². The minimum absolute atomic E-state index is 0. The number of hydrogen-bond acceptors (Lipinski definition) is 3. The van der Waals surface area contributed by atoms with Gasteiger partial charge in [0.05, 0.1) is 0 Å². The van der Waals surface area contributed by atoms with Crippen molar-refractivity contribution >= 4 is 12.4 Å². The van der Waals surface area contributed by atoms with Crippen molar-refractivity contribution in [3.8, 4) is 5.75 Å². The van der Waals surface area contributed by atoms with Gasteiger partial charge in [-0.05, 0) is 17.7 Å². The quantitative estimate of drug-likeness (QED) is 0.476. The highest BCUT2D eigenvalue weighted by Crippen LogP contribution is 2.07. The standard InChI is InChI=1S/C9H12N4O.ClH/c10-8(6-12-13-11)7-14-9-4-2-1-3-5-9;/h1-5,8H,6-7,10H2;1H/t8-;/m1./s1. The Morgan fingerprint density at radius 2 is 2.07 bits per heavy atom. The zero-order chi connectivity index (χ0) is 10.2. The van der Waals surface area contributed by atoms with Crippen LogP contribution in [0.1, 0.15) is 0 Å².